The van der Waals surface area contributed by atoms with Gasteiger partial charge in [0.15, 0.2) is 0 Å². The molecule has 0 radical (unpaired) electrons. The molecule has 0 saturated carbocycles. The van der Waals surface area contributed by atoms with Gasteiger partial charge in [0, 0.05) is 4.43 Å². The Morgan fingerprint density at radius 2 is 2.33 bits per heavy atom. The van der Waals surface area contributed by atoms with Crippen molar-refractivity contribution in [2.24, 2.45) is 0 Å². The molecule has 0 N–H and O–H groups in total. The van der Waals surface area contributed by atoms with Crippen LogP contribution in [0.1, 0.15) is 0 Å². The molecule has 0 amide bonds. The molecule has 0 atom stereocenters. The van der Waals surface area contributed by atoms with E-state index in [2.05, 4.69) is 29.2 Å². The van der Waals surface area contributed by atoms with E-state index in [1.165, 1.54) is 0 Å². The first-order valence-corrected chi connectivity index (χ1v) is 3.28. The standard InChI is InChI=1S/C5H7I/c1-2-3-4-5-6/h2-4H,1,5H2/b4-3+. The lowest BCUT2D eigenvalue weighted by atomic mass is 10.5. The third kappa shape index (κ3) is 4.21. The Bertz CT molecular complexity index is 55.0. The smallest absolute Gasteiger partial charge is 0.0178 e. The van der Waals surface area contributed by atoms with E-state index in [-0.39, 0.29) is 0 Å². The Hall–Kier alpha value is 0.210. The van der Waals surface area contributed by atoms with Crippen molar-refractivity contribution in [3.63, 3.8) is 0 Å². The summed E-state index contributed by atoms with van der Waals surface area (Å²) in [6.45, 7) is 3.51. The average Bonchev–Trinajstić information content (AvgIpc) is 1.61. The van der Waals surface area contributed by atoms with Crippen molar-refractivity contribution in [2.45, 2.75) is 0 Å². The Labute approximate surface area is 52.1 Å². The summed E-state index contributed by atoms with van der Waals surface area (Å²) in [5, 5.41) is 0. The average molecular weight is 194 g/mol. The second-order valence-corrected chi connectivity index (χ2v) is 1.70. The van der Waals surface area contributed by atoms with Crippen molar-refractivity contribution in [1.82, 2.24) is 0 Å². The van der Waals surface area contributed by atoms with Crippen LogP contribution in [0, 0.1) is 0 Å². The zero-order valence-electron chi connectivity index (χ0n) is 3.52. The SMILES string of the molecule is C=C/C=C/CI. The van der Waals surface area contributed by atoms with Gasteiger partial charge in [-0.1, -0.05) is 47.4 Å². The number of alkyl halides is 1. The van der Waals surface area contributed by atoms with E-state index in [9.17, 15) is 0 Å². The Morgan fingerprint density at radius 1 is 1.67 bits per heavy atom. The first kappa shape index (κ1) is 6.21. The van der Waals surface area contributed by atoms with Crippen LogP contribution in [0.25, 0.3) is 0 Å². The number of hydrogen-bond acceptors (Lipinski definition) is 0. The highest BCUT2D eigenvalue weighted by Gasteiger charge is 1.57. The number of halogens is 1. The van der Waals surface area contributed by atoms with Crippen molar-refractivity contribution in [1.29, 1.82) is 0 Å². The third-order valence-corrected chi connectivity index (χ3v) is 0.870. The highest BCUT2D eigenvalue weighted by atomic mass is 127. The molecule has 1 heteroatoms. The molecule has 0 bridgehead atoms. The Morgan fingerprint density at radius 3 is 2.50 bits per heavy atom. The zero-order valence-corrected chi connectivity index (χ0v) is 5.68. The quantitative estimate of drug-likeness (QED) is 0.359. The van der Waals surface area contributed by atoms with Crippen LogP contribution in [-0.4, -0.2) is 4.43 Å². The molecule has 0 unspecified atom stereocenters. The summed E-state index contributed by atoms with van der Waals surface area (Å²) in [5.74, 6) is 0. The molecule has 0 heterocycles. The lowest BCUT2D eigenvalue weighted by molar-refractivity contribution is 1.82. The van der Waals surface area contributed by atoms with Crippen LogP contribution >= 0.6 is 22.6 Å². The summed E-state index contributed by atoms with van der Waals surface area (Å²) >= 11 is 2.28. The first-order valence-electron chi connectivity index (χ1n) is 1.75. The van der Waals surface area contributed by atoms with Crippen molar-refractivity contribution in [3.8, 4) is 0 Å². The molecule has 0 aliphatic heterocycles. The molecule has 34 valence electrons. The fraction of sp³-hybridized carbons (Fsp3) is 0.200. The maximum Gasteiger partial charge on any atom is 0.0178 e. The second-order valence-electron chi connectivity index (χ2n) is 0.818. The second kappa shape index (κ2) is 5.21. The molecule has 6 heavy (non-hydrogen) atoms. The highest BCUT2D eigenvalue weighted by Crippen LogP contribution is 1.80. The molecular weight excluding hydrogens is 187 g/mol. The summed E-state index contributed by atoms with van der Waals surface area (Å²) < 4.78 is 1.07. The summed E-state index contributed by atoms with van der Waals surface area (Å²) in [5.41, 5.74) is 0. The van der Waals surface area contributed by atoms with Gasteiger partial charge in [-0.25, -0.2) is 0 Å². The number of hydrogen-bond donors (Lipinski definition) is 0. The molecule has 0 aromatic carbocycles. The third-order valence-electron chi connectivity index (χ3n) is 0.361. The molecular formula is C5H7I. The summed E-state index contributed by atoms with van der Waals surface area (Å²) in [6, 6.07) is 0. The molecule has 0 nitrogen and oxygen atoms in total. The minimum Gasteiger partial charge on any atom is -0.0991 e. The maximum absolute atomic E-state index is 3.51. The highest BCUT2D eigenvalue weighted by molar-refractivity contribution is 14.1. The normalized spacial score (nSPS) is 9.50. The van der Waals surface area contributed by atoms with Gasteiger partial charge in [0.25, 0.3) is 0 Å². The van der Waals surface area contributed by atoms with Crippen LogP contribution in [0.15, 0.2) is 24.8 Å². The topological polar surface area (TPSA) is 0 Å². The van der Waals surface area contributed by atoms with Crippen molar-refractivity contribution in [2.75, 3.05) is 4.43 Å². The molecule has 0 aromatic rings. The molecule has 0 saturated heterocycles. The van der Waals surface area contributed by atoms with E-state index in [1.54, 1.807) is 6.08 Å². The van der Waals surface area contributed by atoms with Gasteiger partial charge in [-0.2, -0.15) is 0 Å². The zero-order chi connectivity index (χ0) is 4.83. The molecule has 0 aromatic heterocycles. The van der Waals surface area contributed by atoms with Crippen LogP contribution in [-0.2, 0) is 0 Å². The Balaban J connectivity index is 2.94. The van der Waals surface area contributed by atoms with Crippen molar-refractivity contribution >= 4 is 22.6 Å². The monoisotopic (exact) mass is 194 g/mol. The number of allylic oxidation sites excluding steroid dienone is 3. The van der Waals surface area contributed by atoms with Crippen LogP contribution < -0.4 is 0 Å². The van der Waals surface area contributed by atoms with Gasteiger partial charge in [-0.15, -0.1) is 0 Å². The van der Waals surface area contributed by atoms with Gasteiger partial charge >= 0.3 is 0 Å². The maximum atomic E-state index is 3.51. The number of rotatable bonds is 2. The van der Waals surface area contributed by atoms with Gasteiger partial charge in [-0.05, 0) is 0 Å². The van der Waals surface area contributed by atoms with Crippen molar-refractivity contribution < 1.29 is 0 Å². The minimum atomic E-state index is 1.07. The lowest BCUT2D eigenvalue weighted by Gasteiger charge is -1.66. The molecule has 0 aliphatic carbocycles. The summed E-state index contributed by atoms with van der Waals surface area (Å²) in [6.07, 6.45) is 5.76. The van der Waals surface area contributed by atoms with Gasteiger partial charge in [0.1, 0.15) is 0 Å². The van der Waals surface area contributed by atoms with Crippen molar-refractivity contribution in [3.05, 3.63) is 24.8 Å². The predicted molar refractivity (Wildman–Crippen MR) is 38.2 cm³/mol. The largest absolute Gasteiger partial charge is 0.0991 e. The summed E-state index contributed by atoms with van der Waals surface area (Å²) in [4.78, 5) is 0. The van der Waals surface area contributed by atoms with E-state index >= 15 is 0 Å². The van der Waals surface area contributed by atoms with Gasteiger partial charge in [0.05, 0.1) is 0 Å². The van der Waals surface area contributed by atoms with E-state index in [1.807, 2.05) is 12.2 Å². The first-order chi connectivity index (χ1) is 2.91. The molecule has 0 aliphatic rings. The predicted octanol–water partition coefficient (Wildman–Crippen LogP) is 2.16. The summed E-state index contributed by atoms with van der Waals surface area (Å²) in [7, 11) is 0. The Kier molecular flexibility index (Phi) is 5.39. The van der Waals surface area contributed by atoms with E-state index < -0.39 is 0 Å². The van der Waals surface area contributed by atoms with Crippen LogP contribution in [0.5, 0.6) is 0 Å². The lowest BCUT2D eigenvalue weighted by Crippen LogP contribution is -1.51. The minimum absolute atomic E-state index is 1.07. The van der Waals surface area contributed by atoms with Crippen LogP contribution in [0.2, 0.25) is 0 Å². The van der Waals surface area contributed by atoms with E-state index in [0.717, 1.165) is 4.43 Å². The molecule has 0 fully saturated rings. The fourth-order valence-corrected chi connectivity index (χ4v) is 0.441. The van der Waals surface area contributed by atoms with Gasteiger partial charge in [0.2, 0.25) is 0 Å². The fourth-order valence-electron chi connectivity index (χ4n) is 0.148. The van der Waals surface area contributed by atoms with Gasteiger partial charge in [-0.3, -0.25) is 0 Å². The molecule has 0 rings (SSSR count). The van der Waals surface area contributed by atoms with Crippen LogP contribution in [0.4, 0.5) is 0 Å². The molecule has 0 spiro atoms. The van der Waals surface area contributed by atoms with E-state index in [0.29, 0.717) is 0 Å². The van der Waals surface area contributed by atoms with E-state index in [4.69, 9.17) is 0 Å². The van der Waals surface area contributed by atoms with Gasteiger partial charge < -0.3 is 0 Å². The van der Waals surface area contributed by atoms with Crippen LogP contribution in [0.3, 0.4) is 0 Å².